The van der Waals surface area contributed by atoms with Crippen molar-refractivity contribution in [1.29, 1.82) is 0 Å². The monoisotopic (exact) mass is 386 g/mol. The molecule has 0 aliphatic heterocycles. The first kappa shape index (κ1) is 20.9. The highest BCUT2D eigenvalue weighted by Gasteiger charge is 2.20. The normalized spacial score (nSPS) is 11.6. The average Bonchev–Trinajstić information content (AvgIpc) is 2.66. The first-order valence-corrected chi connectivity index (χ1v) is 8.75. The van der Waals surface area contributed by atoms with Gasteiger partial charge in [-0.25, -0.2) is 4.79 Å². The second-order valence-electron chi connectivity index (χ2n) is 6.57. The van der Waals surface area contributed by atoms with Crippen molar-refractivity contribution in [1.82, 2.24) is 0 Å². The van der Waals surface area contributed by atoms with Crippen molar-refractivity contribution >= 4 is 23.3 Å². The molecule has 2 aromatic rings. The summed E-state index contributed by atoms with van der Waals surface area (Å²) in [6.45, 7) is 6.06. The number of anilines is 1. The van der Waals surface area contributed by atoms with Gasteiger partial charge in [0.15, 0.2) is 6.10 Å². The number of benzene rings is 2. The Morgan fingerprint density at radius 2 is 1.79 bits per heavy atom. The van der Waals surface area contributed by atoms with Crippen LogP contribution < -0.4 is 10.1 Å². The Kier molecular flexibility index (Phi) is 7.08. The first-order chi connectivity index (χ1) is 13.3. The standard InChI is InChI=1S/C20H22N2O6/c1-13(2)12-27-18-9-7-15(8-10-18)20(24)28-14(3)19(23)21-16-5-4-6-17(11-16)22(25)26/h4-11,13-14H,12H2,1-3H3,(H,21,23). The summed E-state index contributed by atoms with van der Waals surface area (Å²) in [5.41, 5.74) is 0.378. The highest BCUT2D eigenvalue weighted by molar-refractivity contribution is 5.97. The van der Waals surface area contributed by atoms with E-state index in [-0.39, 0.29) is 16.9 Å². The van der Waals surface area contributed by atoms with Gasteiger partial charge in [-0.1, -0.05) is 19.9 Å². The zero-order valence-corrected chi connectivity index (χ0v) is 15.9. The van der Waals surface area contributed by atoms with E-state index in [4.69, 9.17) is 9.47 Å². The fourth-order valence-corrected chi connectivity index (χ4v) is 2.17. The van der Waals surface area contributed by atoms with Crippen molar-refractivity contribution in [2.24, 2.45) is 5.92 Å². The molecule has 0 bridgehead atoms. The minimum absolute atomic E-state index is 0.151. The minimum Gasteiger partial charge on any atom is -0.493 e. The largest absolute Gasteiger partial charge is 0.493 e. The van der Waals surface area contributed by atoms with E-state index in [0.29, 0.717) is 18.3 Å². The lowest BCUT2D eigenvalue weighted by atomic mass is 10.2. The number of carbonyl (C=O) groups excluding carboxylic acids is 2. The molecule has 0 saturated heterocycles. The quantitative estimate of drug-likeness (QED) is 0.420. The second kappa shape index (κ2) is 9.50. The van der Waals surface area contributed by atoms with Crippen LogP contribution in [0.15, 0.2) is 48.5 Å². The van der Waals surface area contributed by atoms with E-state index >= 15 is 0 Å². The number of hydrogen-bond donors (Lipinski definition) is 1. The smallest absolute Gasteiger partial charge is 0.338 e. The number of amides is 1. The van der Waals surface area contributed by atoms with Gasteiger partial charge in [-0.15, -0.1) is 0 Å². The van der Waals surface area contributed by atoms with E-state index in [9.17, 15) is 19.7 Å². The molecule has 8 heteroatoms. The second-order valence-corrected chi connectivity index (χ2v) is 6.57. The predicted molar refractivity (Wildman–Crippen MR) is 103 cm³/mol. The highest BCUT2D eigenvalue weighted by atomic mass is 16.6. The Balaban J connectivity index is 1.93. The van der Waals surface area contributed by atoms with Gasteiger partial charge in [-0.2, -0.15) is 0 Å². The van der Waals surface area contributed by atoms with Crippen molar-refractivity contribution in [3.05, 3.63) is 64.2 Å². The van der Waals surface area contributed by atoms with Crippen LogP contribution in [0.2, 0.25) is 0 Å². The molecule has 0 saturated carbocycles. The summed E-state index contributed by atoms with van der Waals surface area (Å²) < 4.78 is 10.7. The van der Waals surface area contributed by atoms with E-state index in [1.807, 2.05) is 13.8 Å². The molecule has 1 amide bonds. The number of ether oxygens (including phenoxy) is 2. The molecule has 0 fully saturated rings. The number of carbonyl (C=O) groups is 2. The summed E-state index contributed by atoms with van der Waals surface area (Å²) in [4.78, 5) is 34.6. The lowest BCUT2D eigenvalue weighted by Crippen LogP contribution is -2.30. The predicted octanol–water partition coefficient (Wildman–Crippen LogP) is 3.81. The molecule has 148 valence electrons. The zero-order valence-electron chi connectivity index (χ0n) is 15.9. The molecular weight excluding hydrogens is 364 g/mol. The van der Waals surface area contributed by atoms with Crippen molar-refractivity contribution in [2.75, 3.05) is 11.9 Å². The Morgan fingerprint density at radius 3 is 2.39 bits per heavy atom. The molecule has 1 unspecified atom stereocenters. The number of hydrogen-bond acceptors (Lipinski definition) is 6. The molecule has 8 nitrogen and oxygen atoms in total. The third-order valence-electron chi connectivity index (χ3n) is 3.65. The maximum absolute atomic E-state index is 12.2. The van der Waals surface area contributed by atoms with Gasteiger partial charge in [0.05, 0.1) is 17.1 Å². The summed E-state index contributed by atoms with van der Waals surface area (Å²) in [7, 11) is 0. The first-order valence-electron chi connectivity index (χ1n) is 8.75. The molecule has 2 rings (SSSR count). The number of nitro groups is 1. The zero-order chi connectivity index (χ0) is 20.7. The fourth-order valence-electron chi connectivity index (χ4n) is 2.17. The molecule has 0 spiro atoms. The summed E-state index contributed by atoms with van der Waals surface area (Å²) in [5.74, 6) is -0.223. The molecule has 0 heterocycles. The number of rotatable bonds is 8. The van der Waals surface area contributed by atoms with Crippen molar-refractivity contribution in [2.45, 2.75) is 26.9 Å². The van der Waals surface area contributed by atoms with Crippen LogP contribution in [0.25, 0.3) is 0 Å². The topological polar surface area (TPSA) is 108 Å². The number of nitrogens with one attached hydrogen (secondary N) is 1. The lowest BCUT2D eigenvalue weighted by Gasteiger charge is -2.14. The van der Waals surface area contributed by atoms with Crippen LogP contribution in [-0.2, 0) is 9.53 Å². The van der Waals surface area contributed by atoms with Gasteiger partial charge >= 0.3 is 5.97 Å². The Bertz CT molecular complexity index is 848. The number of nitrogens with zero attached hydrogens (tertiary/aromatic N) is 1. The molecule has 2 aromatic carbocycles. The summed E-state index contributed by atoms with van der Waals surface area (Å²) in [6.07, 6.45) is -1.08. The van der Waals surface area contributed by atoms with E-state index in [1.165, 1.54) is 31.2 Å². The summed E-state index contributed by atoms with van der Waals surface area (Å²) in [6, 6.07) is 11.9. The SMILES string of the molecule is CC(C)COc1ccc(C(=O)OC(C)C(=O)Nc2cccc([N+](=O)[O-])c2)cc1. The van der Waals surface area contributed by atoms with E-state index in [2.05, 4.69) is 5.32 Å². The van der Waals surface area contributed by atoms with Crippen LogP contribution in [-0.4, -0.2) is 29.5 Å². The molecule has 28 heavy (non-hydrogen) atoms. The maximum atomic E-state index is 12.2. The fraction of sp³-hybridized carbons (Fsp3) is 0.300. The molecule has 0 radical (unpaired) electrons. The lowest BCUT2D eigenvalue weighted by molar-refractivity contribution is -0.384. The van der Waals surface area contributed by atoms with Crippen molar-refractivity contribution in [3.63, 3.8) is 0 Å². The van der Waals surface area contributed by atoms with Gasteiger partial charge in [0.2, 0.25) is 0 Å². The van der Waals surface area contributed by atoms with Crippen LogP contribution in [0.3, 0.4) is 0 Å². The summed E-state index contributed by atoms with van der Waals surface area (Å²) >= 11 is 0. The molecule has 0 aromatic heterocycles. The average molecular weight is 386 g/mol. The van der Waals surface area contributed by atoms with Gasteiger partial charge in [0.1, 0.15) is 5.75 Å². The Morgan fingerprint density at radius 1 is 1.11 bits per heavy atom. The molecular formula is C20H22N2O6. The van der Waals surface area contributed by atoms with Gasteiger partial charge in [-0.3, -0.25) is 14.9 Å². The van der Waals surface area contributed by atoms with E-state index < -0.39 is 22.9 Å². The number of esters is 1. The van der Waals surface area contributed by atoms with Crippen LogP contribution in [0, 0.1) is 16.0 Å². The van der Waals surface area contributed by atoms with Crippen LogP contribution in [0.4, 0.5) is 11.4 Å². The Labute approximate surface area is 162 Å². The van der Waals surface area contributed by atoms with Crippen LogP contribution in [0.1, 0.15) is 31.1 Å². The van der Waals surface area contributed by atoms with Crippen LogP contribution in [0.5, 0.6) is 5.75 Å². The van der Waals surface area contributed by atoms with E-state index in [0.717, 1.165) is 0 Å². The molecule has 1 N–H and O–H groups in total. The molecule has 0 aliphatic carbocycles. The van der Waals surface area contributed by atoms with E-state index in [1.54, 1.807) is 24.3 Å². The molecule has 0 aliphatic rings. The molecule has 1 atom stereocenters. The van der Waals surface area contributed by atoms with Gasteiger partial charge in [-0.05, 0) is 43.2 Å². The third kappa shape index (κ3) is 6.08. The maximum Gasteiger partial charge on any atom is 0.338 e. The number of nitro benzene ring substituents is 1. The van der Waals surface area contributed by atoms with Gasteiger partial charge in [0, 0.05) is 17.8 Å². The Hall–Kier alpha value is -3.42. The van der Waals surface area contributed by atoms with Crippen molar-refractivity contribution < 1.29 is 24.0 Å². The van der Waals surface area contributed by atoms with Gasteiger partial charge < -0.3 is 14.8 Å². The highest BCUT2D eigenvalue weighted by Crippen LogP contribution is 2.18. The third-order valence-corrected chi connectivity index (χ3v) is 3.65. The van der Waals surface area contributed by atoms with Crippen molar-refractivity contribution in [3.8, 4) is 5.75 Å². The minimum atomic E-state index is -1.08. The number of non-ortho nitro benzene ring substituents is 1. The van der Waals surface area contributed by atoms with Crippen LogP contribution >= 0.6 is 0 Å². The van der Waals surface area contributed by atoms with Gasteiger partial charge in [0.25, 0.3) is 11.6 Å². The summed E-state index contributed by atoms with van der Waals surface area (Å²) in [5, 5.41) is 13.3.